The molecule has 0 aliphatic rings. The molecule has 16 heavy (non-hydrogen) atoms. The van der Waals surface area contributed by atoms with Gasteiger partial charge in [0.15, 0.2) is 0 Å². The van der Waals surface area contributed by atoms with Crippen LogP contribution in [0.4, 0.5) is 12.9 Å². The molecule has 0 atom stereocenters. The number of hydrogen-bond donors (Lipinski definition) is 0. The van der Waals surface area contributed by atoms with E-state index in [-0.39, 0.29) is 61.4 Å². The summed E-state index contributed by atoms with van der Waals surface area (Å²) >= 11 is 2.91. The van der Waals surface area contributed by atoms with E-state index in [1.54, 1.807) is 0 Å². The van der Waals surface area contributed by atoms with E-state index >= 15 is 0 Å². The van der Waals surface area contributed by atoms with Crippen molar-refractivity contribution < 1.29 is 73.9 Å². The molecule has 0 aromatic heterocycles. The Balaban J connectivity index is 0.00000225. The van der Waals surface area contributed by atoms with Gasteiger partial charge in [-0.15, -0.1) is 5.46 Å². The number of carbonyl (C=O) groups is 1. The minimum absolute atomic E-state index is 0. The van der Waals surface area contributed by atoms with Crippen LogP contribution in [0.15, 0.2) is 22.7 Å². The van der Waals surface area contributed by atoms with Crippen molar-refractivity contribution in [2.45, 2.75) is 0 Å². The smallest absolute Gasteiger partial charge is 0.465 e. The Hall–Kier alpha value is 0.661. The number of halogens is 4. The summed E-state index contributed by atoms with van der Waals surface area (Å²) in [5.41, 5.74) is -0.953. The maximum Gasteiger partial charge on any atom is 1.00 e. The van der Waals surface area contributed by atoms with Crippen LogP contribution in [0, 0.1) is 0 Å². The molecule has 1 rings (SSSR count). The van der Waals surface area contributed by atoms with Crippen molar-refractivity contribution in [3.05, 3.63) is 28.2 Å². The van der Waals surface area contributed by atoms with Gasteiger partial charge in [-0.25, -0.2) is 4.79 Å². The maximum absolute atomic E-state index is 12.4. The van der Waals surface area contributed by atoms with Crippen LogP contribution < -0.4 is 56.8 Å². The van der Waals surface area contributed by atoms with Gasteiger partial charge in [-0.1, -0.05) is 28.1 Å². The first kappa shape index (κ1) is 16.7. The Bertz CT molecular complexity index is 397. The van der Waals surface area contributed by atoms with Crippen molar-refractivity contribution in [3.8, 4) is 0 Å². The van der Waals surface area contributed by atoms with Gasteiger partial charge in [0.25, 0.3) is 0 Å². The van der Waals surface area contributed by atoms with Crippen LogP contribution in [0.25, 0.3) is 0 Å². The number of ether oxygens (including phenoxy) is 1. The normalized spacial score (nSPS) is 10.6. The van der Waals surface area contributed by atoms with Crippen molar-refractivity contribution in [1.82, 2.24) is 0 Å². The molecule has 0 unspecified atom stereocenters. The van der Waals surface area contributed by atoms with E-state index in [9.17, 15) is 17.7 Å². The molecule has 1 aromatic rings. The fourth-order valence-corrected chi connectivity index (χ4v) is 1.55. The van der Waals surface area contributed by atoms with Crippen LogP contribution in [-0.4, -0.2) is 20.1 Å². The molecule has 0 spiro atoms. The molecule has 0 saturated heterocycles. The Morgan fingerprint density at radius 1 is 1.31 bits per heavy atom. The number of benzene rings is 1. The molecule has 0 aliphatic heterocycles. The molecule has 2 nitrogen and oxygen atoms in total. The van der Waals surface area contributed by atoms with E-state index in [2.05, 4.69) is 20.7 Å². The summed E-state index contributed by atoms with van der Waals surface area (Å²) < 4.78 is 41.7. The van der Waals surface area contributed by atoms with E-state index in [1.165, 1.54) is 6.07 Å². The number of esters is 1. The molecule has 0 fully saturated rings. The Morgan fingerprint density at radius 2 is 1.88 bits per heavy atom. The van der Waals surface area contributed by atoms with Crippen LogP contribution in [0.5, 0.6) is 0 Å². The van der Waals surface area contributed by atoms with Crippen molar-refractivity contribution in [3.63, 3.8) is 0 Å². The minimum atomic E-state index is -5.12. The van der Waals surface area contributed by atoms with Gasteiger partial charge < -0.3 is 17.7 Å². The third-order valence-electron chi connectivity index (χ3n) is 1.72. The Kier molecular flexibility index (Phi) is 6.83. The van der Waals surface area contributed by atoms with Crippen LogP contribution in [-0.2, 0) is 4.74 Å². The minimum Gasteiger partial charge on any atom is -0.465 e. The molecule has 0 bridgehead atoms. The van der Waals surface area contributed by atoms with Crippen LogP contribution in [0.3, 0.4) is 0 Å². The van der Waals surface area contributed by atoms with E-state index in [0.29, 0.717) is 0 Å². The first-order chi connectivity index (χ1) is 6.84. The second-order valence-corrected chi connectivity index (χ2v) is 3.76. The standard InChI is InChI=1S/C8H6BBrF3O2.K/c1-15-8(14)5-2-6(9(11,12)13)4-7(10)3-5;/h2-4H,1H3;/q-1;+1. The first-order valence-corrected chi connectivity index (χ1v) is 4.72. The Morgan fingerprint density at radius 3 is 2.31 bits per heavy atom. The van der Waals surface area contributed by atoms with Gasteiger partial charge >= 0.3 is 64.3 Å². The van der Waals surface area contributed by atoms with E-state index in [0.717, 1.165) is 19.2 Å². The third-order valence-corrected chi connectivity index (χ3v) is 2.18. The second-order valence-electron chi connectivity index (χ2n) is 2.84. The molecule has 0 aliphatic carbocycles. The maximum atomic E-state index is 12.4. The van der Waals surface area contributed by atoms with Gasteiger partial charge in [-0.2, -0.15) is 0 Å². The Labute approximate surface area is 142 Å². The summed E-state index contributed by atoms with van der Waals surface area (Å²) in [4.78, 5) is 11.0. The topological polar surface area (TPSA) is 26.3 Å². The summed E-state index contributed by atoms with van der Waals surface area (Å²) in [5.74, 6) is -0.794. The van der Waals surface area contributed by atoms with E-state index < -0.39 is 18.4 Å². The van der Waals surface area contributed by atoms with Gasteiger partial charge in [0, 0.05) is 4.47 Å². The summed E-state index contributed by atoms with van der Waals surface area (Å²) in [6.07, 6.45) is 0. The molecular weight excluding hydrogens is 315 g/mol. The fraction of sp³-hybridized carbons (Fsp3) is 0.125. The second kappa shape index (κ2) is 6.56. The fourth-order valence-electron chi connectivity index (χ4n) is 1.04. The van der Waals surface area contributed by atoms with E-state index in [4.69, 9.17) is 0 Å². The van der Waals surface area contributed by atoms with Crippen molar-refractivity contribution in [2.24, 2.45) is 0 Å². The van der Waals surface area contributed by atoms with Gasteiger partial charge in [0.2, 0.25) is 0 Å². The predicted molar refractivity (Wildman–Crippen MR) is 54.2 cm³/mol. The molecule has 8 heteroatoms. The first-order valence-electron chi connectivity index (χ1n) is 3.93. The van der Waals surface area contributed by atoms with Crippen LogP contribution in [0.2, 0.25) is 0 Å². The molecule has 0 amide bonds. The predicted octanol–water partition coefficient (Wildman–Crippen LogP) is -0.706. The molecule has 0 N–H and O–H groups in total. The zero-order chi connectivity index (χ0) is 11.6. The third kappa shape index (κ3) is 4.50. The molecule has 82 valence electrons. The number of methoxy groups -OCH3 is 1. The summed E-state index contributed by atoms with van der Waals surface area (Å²) in [5, 5.41) is 0. The largest absolute Gasteiger partial charge is 1.00 e. The zero-order valence-electron chi connectivity index (χ0n) is 8.64. The molecular formula is C8H6BBrF3KO2. The molecule has 0 heterocycles. The average molecular weight is 321 g/mol. The van der Waals surface area contributed by atoms with Gasteiger partial charge in [-0.3, -0.25) is 0 Å². The van der Waals surface area contributed by atoms with Crippen LogP contribution >= 0.6 is 15.9 Å². The molecule has 0 radical (unpaired) electrons. The average Bonchev–Trinajstić information content (AvgIpc) is 2.14. The van der Waals surface area contributed by atoms with Crippen molar-refractivity contribution in [1.29, 1.82) is 0 Å². The van der Waals surface area contributed by atoms with Gasteiger partial charge in [0.1, 0.15) is 0 Å². The summed E-state index contributed by atoms with van der Waals surface area (Å²) in [7, 11) is 1.11. The number of rotatable bonds is 2. The summed E-state index contributed by atoms with van der Waals surface area (Å²) in [6, 6.07) is 2.97. The van der Waals surface area contributed by atoms with Crippen molar-refractivity contribution >= 4 is 34.3 Å². The SMILES string of the molecule is COC(=O)c1cc(Br)cc([B-](F)(F)F)c1.[K+]. The quantitative estimate of drug-likeness (QED) is 0.532. The molecule has 1 aromatic carbocycles. The monoisotopic (exact) mass is 320 g/mol. The number of carbonyl (C=O) groups excluding carboxylic acids is 1. The van der Waals surface area contributed by atoms with Gasteiger partial charge in [0.05, 0.1) is 12.7 Å². The summed E-state index contributed by atoms with van der Waals surface area (Å²) in [6.45, 7) is -5.12. The van der Waals surface area contributed by atoms with Gasteiger partial charge in [-0.05, 0) is 6.07 Å². The van der Waals surface area contributed by atoms with E-state index in [1.807, 2.05) is 0 Å². The number of hydrogen-bond acceptors (Lipinski definition) is 2. The zero-order valence-corrected chi connectivity index (χ0v) is 13.3. The van der Waals surface area contributed by atoms with Crippen LogP contribution in [0.1, 0.15) is 10.4 Å². The van der Waals surface area contributed by atoms with Crippen molar-refractivity contribution in [2.75, 3.05) is 7.11 Å². The molecule has 0 saturated carbocycles.